The first-order valence-electron chi connectivity index (χ1n) is 11.5. The number of hydrogen-bond acceptors (Lipinski definition) is 4. The first-order valence-corrected chi connectivity index (χ1v) is 11.5. The van der Waals surface area contributed by atoms with Gasteiger partial charge in [0, 0.05) is 24.3 Å². The lowest BCUT2D eigenvalue weighted by atomic mass is 9.88. The first kappa shape index (κ1) is 21.2. The molecule has 2 amide bonds. The second kappa shape index (κ2) is 9.08. The van der Waals surface area contributed by atoms with E-state index in [1.165, 1.54) is 5.56 Å². The van der Waals surface area contributed by atoms with Crippen molar-refractivity contribution in [2.24, 2.45) is 5.92 Å². The van der Waals surface area contributed by atoms with Crippen LogP contribution in [0, 0.1) is 12.8 Å². The van der Waals surface area contributed by atoms with Crippen molar-refractivity contribution in [3.8, 4) is 0 Å². The van der Waals surface area contributed by atoms with Gasteiger partial charge in [0.05, 0.1) is 17.6 Å². The molecule has 1 saturated heterocycles. The predicted molar refractivity (Wildman–Crippen MR) is 130 cm³/mol. The lowest BCUT2D eigenvalue weighted by Gasteiger charge is -2.27. The van der Waals surface area contributed by atoms with Crippen LogP contribution < -0.4 is 21.1 Å². The number of rotatable bonds is 6. The zero-order valence-electron chi connectivity index (χ0n) is 18.7. The lowest BCUT2D eigenvalue weighted by Crippen LogP contribution is -2.35. The normalized spacial score (nSPS) is 18.9. The maximum Gasteiger partial charge on any atom is 0.251 e. The van der Waals surface area contributed by atoms with Crippen LogP contribution in [0.4, 0.5) is 11.4 Å². The van der Waals surface area contributed by atoms with Crippen LogP contribution in [0.1, 0.15) is 39.5 Å². The number of nitrogens with zero attached hydrogens (tertiary/aromatic N) is 1. The average molecular weight is 441 g/mol. The monoisotopic (exact) mass is 440 g/mol. The summed E-state index contributed by atoms with van der Waals surface area (Å²) < 4.78 is 0. The van der Waals surface area contributed by atoms with Gasteiger partial charge in [0.2, 0.25) is 5.91 Å². The van der Waals surface area contributed by atoms with E-state index in [9.17, 15) is 9.59 Å². The zero-order chi connectivity index (χ0) is 22.8. The number of fused-ring (bicyclic) bond motifs is 3. The standard InChI is InChI=1S/C27H28N4O2/c1-18-9-12-21(13-10-18)31-27(33)23-17-29-24-14-11-20(16-22(24)25(23)30-31)26(32)28-15-5-8-19-6-3-2-4-7-19/h2-4,6-7,9-14,16,23,25,29-30H,5,8,15,17H2,1H3,(H,28,32). The molecule has 1 fully saturated rings. The van der Waals surface area contributed by atoms with Gasteiger partial charge >= 0.3 is 0 Å². The molecule has 0 saturated carbocycles. The van der Waals surface area contributed by atoms with Crippen molar-refractivity contribution >= 4 is 23.2 Å². The summed E-state index contributed by atoms with van der Waals surface area (Å²) >= 11 is 0. The number of hydrazine groups is 1. The second-order valence-electron chi connectivity index (χ2n) is 8.75. The van der Waals surface area contributed by atoms with Crippen LogP contribution in [0.5, 0.6) is 0 Å². The van der Waals surface area contributed by atoms with E-state index < -0.39 is 0 Å². The van der Waals surface area contributed by atoms with Gasteiger partial charge < -0.3 is 10.6 Å². The Labute approximate surface area is 194 Å². The summed E-state index contributed by atoms with van der Waals surface area (Å²) in [6, 6.07) is 23.7. The Balaban J connectivity index is 1.27. The number of benzene rings is 3. The van der Waals surface area contributed by atoms with Gasteiger partial charge in [0.25, 0.3) is 5.91 Å². The highest BCUT2D eigenvalue weighted by molar-refractivity contribution is 5.99. The van der Waals surface area contributed by atoms with Crippen LogP contribution >= 0.6 is 0 Å². The Morgan fingerprint density at radius 2 is 1.85 bits per heavy atom. The molecule has 33 heavy (non-hydrogen) atoms. The van der Waals surface area contributed by atoms with E-state index in [4.69, 9.17) is 0 Å². The molecule has 2 unspecified atom stereocenters. The van der Waals surface area contributed by atoms with E-state index in [1.807, 2.05) is 67.6 Å². The molecule has 5 rings (SSSR count). The summed E-state index contributed by atoms with van der Waals surface area (Å²) in [5, 5.41) is 8.03. The van der Waals surface area contributed by atoms with Crippen molar-refractivity contribution in [3.05, 3.63) is 95.1 Å². The van der Waals surface area contributed by atoms with E-state index in [2.05, 4.69) is 28.2 Å². The molecule has 0 bridgehead atoms. The number of amides is 2. The summed E-state index contributed by atoms with van der Waals surface area (Å²) in [5.41, 5.74) is 9.15. The minimum Gasteiger partial charge on any atom is -0.384 e. The average Bonchev–Trinajstić information content (AvgIpc) is 3.19. The van der Waals surface area contributed by atoms with Crippen molar-refractivity contribution in [1.29, 1.82) is 0 Å². The highest BCUT2D eigenvalue weighted by Crippen LogP contribution is 2.39. The Bertz CT molecular complexity index is 1160. The molecule has 2 aliphatic rings. The van der Waals surface area contributed by atoms with Gasteiger partial charge in [-0.15, -0.1) is 0 Å². The number of anilines is 2. The molecule has 0 aromatic heterocycles. The summed E-state index contributed by atoms with van der Waals surface area (Å²) in [6.45, 7) is 3.21. The maximum atomic E-state index is 13.1. The Hall–Kier alpha value is -3.64. The fraction of sp³-hybridized carbons (Fsp3) is 0.259. The molecule has 0 aliphatic carbocycles. The number of hydrogen-bond donors (Lipinski definition) is 3. The van der Waals surface area contributed by atoms with Crippen LogP contribution in [0.2, 0.25) is 0 Å². The molecule has 2 heterocycles. The smallest absolute Gasteiger partial charge is 0.251 e. The van der Waals surface area contributed by atoms with Gasteiger partial charge in [0.1, 0.15) is 0 Å². The third-order valence-electron chi connectivity index (χ3n) is 6.43. The van der Waals surface area contributed by atoms with Gasteiger partial charge in [-0.3, -0.25) is 9.59 Å². The molecule has 0 radical (unpaired) electrons. The Morgan fingerprint density at radius 1 is 1.06 bits per heavy atom. The van der Waals surface area contributed by atoms with Crippen LogP contribution in [0.3, 0.4) is 0 Å². The lowest BCUT2D eigenvalue weighted by molar-refractivity contribution is -0.120. The van der Waals surface area contributed by atoms with E-state index in [0.717, 1.165) is 35.3 Å². The third kappa shape index (κ3) is 4.34. The number of nitrogens with one attached hydrogen (secondary N) is 3. The Morgan fingerprint density at radius 3 is 2.64 bits per heavy atom. The van der Waals surface area contributed by atoms with Crippen LogP contribution in [0.25, 0.3) is 0 Å². The van der Waals surface area contributed by atoms with Crippen LogP contribution in [-0.2, 0) is 11.2 Å². The molecule has 3 aromatic rings. The maximum absolute atomic E-state index is 13.1. The quantitative estimate of drug-likeness (QED) is 0.507. The van der Waals surface area contributed by atoms with Crippen molar-refractivity contribution < 1.29 is 9.59 Å². The number of aryl methyl sites for hydroxylation is 2. The molecule has 168 valence electrons. The van der Waals surface area contributed by atoms with Crippen molar-refractivity contribution in [2.45, 2.75) is 25.8 Å². The topological polar surface area (TPSA) is 73.5 Å². The fourth-order valence-corrected chi connectivity index (χ4v) is 4.57. The second-order valence-corrected chi connectivity index (χ2v) is 8.75. The summed E-state index contributed by atoms with van der Waals surface area (Å²) in [6.07, 6.45) is 1.81. The summed E-state index contributed by atoms with van der Waals surface area (Å²) in [4.78, 5) is 25.9. The SMILES string of the molecule is Cc1ccc(N2NC3c4cc(C(=O)NCCCc5ccccc5)ccc4NCC3C2=O)cc1. The number of carbonyl (C=O) groups excluding carboxylic acids is 2. The zero-order valence-corrected chi connectivity index (χ0v) is 18.7. The molecule has 3 N–H and O–H groups in total. The molecule has 2 aliphatic heterocycles. The van der Waals surface area contributed by atoms with Gasteiger partial charge in [-0.25, -0.2) is 10.4 Å². The predicted octanol–water partition coefficient (Wildman–Crippen LogP) is 3.99. The highest BCUT2D eigenvalue weighted by atomic mass is 16.2. The molecule has 2 atom stereocenters. The summed E-state index contributed by atoms with van der Waals surface area (Å²) in [7, 11) is 0. The highest BCUT2D eigenvalue weighted by Gasteiger charge is 2.44. The minimum atomic E-state index is -0.219. The summed E-state index contributed by atoms with van der Waals surface area (Å²) in [5.74, 6) is -0.270. The molecule has 6 nitrogen and oxygen atoms in total. The van der Waals surface area contributed by atoms with E-state index in [1.54, 1.807) is 5.01 Å². The molecular formula is C27H28N4O2. The van der Waals surface area contributed by atoms with Crippen LogP contribution in [0.15, 0.2) is 72.8 Å². The van der Waals surface area contributed by atoms with E-state index in [-0.39, 0.29) is 23.8 Å². The van der Waals surface area contributed by atoms with E-state index in [0.29, 0.717) is 18.7 Å². The van der Waals surface area contributed by atoms with E-state index >= 15 is 0 Å². The van der Waals surface area contributed by atoms with Gasteiger partial charge in [-0.05, 0) is 61.2 Å². The van der Waals surface area contributed by atoms with Crippen molar-refractivity contribution in [1.82, 2.24) is 10.7 Å². The van der Waals surface area contributed by atoms with Gasteiger partial charge in [0.15, 0.2) is 0 Å². The molecule has 0 spiro atoms. The van der Waals surface area contributed by atoms with Gasteiger partial charge in [-0.1, -0.05) is 48.0 Å². The van der Waals surface area contributed by atoms with Gasteiger partial charge in [-0.2, -0.15) is 0 Å². The molecule has 3 aromatic carbocycles. The number of carbonyl (C=O) groups is 2. The molecular weight excluding hydrogens is 412 g/mol. The van der Waals surface area contributed by atoms with Crippen molar-refractivity contribution in [3.63, 3.8) is 0 Å². The van der Waals surface area contributed by atoms with Crippen molar-refractivity contribution in [2.75, 3.05) is 23.4 Å². The fourth-order valence-electron chi connectivity index (χ4n) is 4.57. The molecule has 6 heteroatoms. The Kier molecular flexibility index (Phi) is 5.84. The third-order valence-corrected chi connectivity index (χ3v) is 6.43. The minimum absolute atomic E-state index is 0.0396. The van der Waals surface area contributed by atoms with Crippen LogP contribution in [-0.4, -0.2) is 24.9 Å². The first-order chi connectivity index (χ1) is 16.1. The largest absolute Gasteiger partial charge is 0.384 e.